The summed E-state index contributed by atoms with van der Waals surface area (Å²) in [6.45, 7) is 0. The predicted molar refractivity (Wildman–Crippen MR) is 159 cm³/mol. The fourth-order valence-electron chi connectivity index (χ4n) is 6.37. The Morgan fingerprint density at radius 2 is 1.10 bits per heavy atom. The molecule has 0 unspecified atom stereocenters. The molecule has 0 amide bonds. The van der Waals surface area contributed by atoms with Crippen molar-refractivity contribution in [3.05, 3.63) is 159 Å². The third-order valence-corrected chi connectivity index (χ3v) is 8.19. The number of hydrogen-bond acceptors (Lipinski definition) is 3. The van der Waals surface area contributed by atoms with Crippen molar-refractivity contribution in [3.63, 3.8) is 0 Å². The maximum Gasteiger partial charge on any atom is 0.0817 e. The van der Waals surface area contributed by atoms with Gasteiger partial charge in [0.05, 0.1) is 33.1 Å². The largest absolute Gasteiger partial charge is 0.248 e. The van der Waals surface area contributed by atoms with E-state index in [1.807, 2.05) is 18.2 Å². The zero-order valence-corrected chi connectivity index (χ0v) is 21.5. The lowest BCUT2D eigenvalue weighted by atomic mass is 10.0. The molecule has 3 nitrogen and oxygen atoms in total. The van der Waals surface area contributed by atoms with Gasteiger partial charge in [-0.15, -0.1) is 0 Å². The Morgan fingerprint density at radius 1 is 0.400 bits per heavy atom. The molecule has 184 valence electrons. The Kier molecular flexibility index (Phi) is 4.33. The number of rotatable bonds is 0. The van der Waals surface area contributed by atoms with Gasteiger partial charge in [0.15, 0.2) is 0 Å². The van der Waals surface area contributed by atoms with Crippen molar-refractivity contribution in [1.29, 1.82) is 0 Å². The monoisotopic (exact) mass is 507 g/mol. The highest BCUT2D eigenvalue weighted by Crippen LogP contribution is 2.39. The molecule has 6 aromatic carbocycles. The molecule has 6 aromatic rings. The highest BCUT2D eigenvalue weighted by Gasteiger charge is 2.20. The van der Waals surface area contributed by atoms with Crippen LogP contribution < -0.4 is 21.3 Å². The van der Waals surface area contributed by atoms with Crippen LogP contribution in [-0.2, 0) is 0 Å². The lowest BCUT2D eigenvalue weighted by molar-refractivity contribution is 1.36. The van der Waals surface area contributed by atoms with Crippen LogP contribution in [0.25, 0.3) is 39.5 Å². The molecular weight excluding hydrogens is 486 g/mol. The van der Waals surface area contributed by atoms with E-state index in [-0.39, 0.29) is 0 Å². The van der Waals surface area contributed by atoms with Crippen LogP contribution in [0.3, 0.4) is 0 Å². The molecule has 0 fully saturated rings. The van der Waals surface area contributed by atoms with Crippen LogP contribution in [-0.4, -0.2) is 0 Å². The van der Waals surface area contributed by atoms with Crippen molar-refractivity contribution in [1.82, 2.24) is 0 Å². The van der Waals surface area contributed by atoms with E-state index in [2.05, 4.69) is 109 Å². The summed E-state index contributed by atoms with van der Waals surface area (Å²) in [6, 6.07) is 42.2. The minimum Gasteiger partial charge on any atom is -0.248 e. The first-order chi connectivity index (χ1) is 19.8. The summed E-state index contributed by atoms with van der Waals surface area (Å²) in [4.78, 5) is 14.4. The summed E-state index contributed by atoms with van der Waals surface area (Å²) in [5.74, 6) is 0. The second kappa shape index (κ2) is 8.05. The number of benzene rings is 6. The molecule has 40 heavy (non-hydrogen) atoms. The van der Waals surface area contributed by atoms with Crippen LogP contribution in [0.1, 0.15) is 5.56 Å². The summed E-state index contributed by atoms with van der Waals surface area (Å²) < 4.78 is 0. The highest BCUT2D eigenvalue weighted by atomic mass is 14.8. The standard InChI is InChI=1S/C19H11N.C18H10N2/c1-2-6-13-12(5-1)11-17-14(13)9-10-16-15-7-3-4-8-18(15)20-19(16)17;1-3-7-14-11(5-1)12-9-10-16-17(18(12)20-14)13-6-2-4-8-15(13)19-16/h1-11H;1-10H. The first-order valence-electron chi connectivity index (χ1n) is 13.5. The third kappa shape index (κ3) is 2.97. The van der Waals surface area contributed by atoms with Crippen LogP contribution in [0, 0.1) is 10.4 Å². The van der Waals surface area contributed by atoms with E-state index in [0.717, 1.165) is 33.1 Å². The normalized spacial score (nSPS) is 12.8. The molecule has 0 atom stereocenters. The highest BCUT2D eigenvalue weighted by molar-refractivity contribution is 5.88. The van der Waals surface area contributed by atoms with Gasteiger partial charge in [0.2, 0.25) is 0 Å². The Labute approximate surface area is 229 Å². The van der Waals surface area contributed by atoms with Gasteiger partial charge in [0, 0.05) is 37.9 Å². The van der Waals surface area contributed by atoms with E-state index < -0.39 is 0 Å². The molecule has 3 aliphatic heterocycles. The van der Waals surface area contributed by atoms with Crippen LogP contribution in [0.15, 0.2) is 136 Å². The van der Waals surface area contributed by atoms with Gasteiger partial charge in [-0.25, -0.2) is 15.0 Å². The molecule has 1 aliphatic carbocycles. The van der Waals surface area contributed by atoms with Gasteiger partial charge in [-0.1, -0.05) is 91.0 Å². The third-order valence-electron chi connectivity index (χ3n) is 8.19. The van der Waals surface area contributed by atoms with Gasteiger partial charge in [-0.05, 0) is 53.1 Å². The van der Waals surface area contributed by atoms with Crippen molar-refractivity contribution < 1.29 is 0 Å². The van der Waals surface area contributed by atoms with Gasteiger partial charge in [-0.3, -0.25) is 0 Å². The van der Waals surface area contributed by atoms with Gasteiger partial charge in [-0.2, -0.15) is 0 Å². The van der Waals surface area contributed by atoms with Crippen LogP contribution in [0.4, 0.5) is 17.1 Å². The summed E-state index contributed by atoms with van der Waals surface area (Å²) in [5, 5.41) is 6.91. The molecule has 0 N–H and O–H groups in total. The molecule has 10 rings (SSSR count). The maximum absolute atomic E-state index is 4.84. The Bertz CT molecular complexity index is 2360. The average molecular weight is 508 g/mol. The van der Waals surface area contributed by atoms with Crippen molar-refractivity contribution in [3.8, 4) is 33.4 Å². The van der Waals surface area contributed by atoms with Crippen molar-refractivity contribution in [2.75, 3.05) is 0 Å². The van der Waals surface area contributed by atoms with Crippen molar-refractivity contribution in [2.45, 2.75) is 0 Å². The molecule has 0 bridgehead atoms. The molecule has 4 aliphatic rings. The fourth-order valence-corrected chi connectivity index (χ4v) is 6.37. The molecule has 3 heterocycles. The lowest BCUT2D eigenvalue weighted by Gasteiger charge is -2.02. The van der Waals surface area contributed by atoms with E-state index in [0.29, 0.717) is 0 Å². The Morgan fingerprint density at radius 3 is 2.00 bits per heavy atom. The predicted octanol–water partition coefficient (Wildman–Crippen LogP) is 6.60. The number of para-hydroxylation sites is 3. The lowest BCUT2D eigenvalue weighted by Crippen LogP contribution is -2.25. The Hall–Kier alpha value is -5.41. The summed E-state index contributed by atoms with van der Waals surface area (Å²) in [6.07, 6.45) is 2.26. The molecule has 0 radical (unpaired) electrons. The zero-order chi connectivity index (χ0) is 26.2. The van der Waals surface area contributed by atoms with Gasteiger partial charge in [0.1, 0.15) is 0 Å². The second-order valence-electron chi connectivity index (χ2n) is 10.4. The molecule has 0 saturated heterocycles. The van der Waals surface area contributed by atoms with E-state index in [9.17, 15) is 0 Å². The fraction of sp³-hybridized carbons (Fsp3) is 0. The summed E-state index contributed by atoms with van der Waals surface area (Å²) in [5.41, 5.74) is 12.0. The first-order valence-corrected chi connectivity index (χ1v) is 13.5. The average Bonchev–Trinajstić information content (AvgIpc) is 3.76. The molecule has 0 aromatic heterocycles. The van der Waals surface area contributed by atoms with Crippen molar-refractivity contribution >= 4 is 23.1 Å². The maximum atomic E-state index is 4.84. The second-order valence-corrected chi connectivity index (χ2v) is 10.4. The molecular formula is C37H21N3. The molecule has 0 saturated carbocycles. The molecule has 0 spiro atoms. The smallest absolute Gasteiger partial charge is 0.0817 e. The van der Waals surface area contributed by atoms with Gasteiger partial charge < -0.3 is 0 Å². The van der Waals surface area contributed by atoms with Crippen LogP contribution in [0.5, 0.6) is 0 Å². The van der Waals surface area contributed by atoms with Crippen LogP contribution >= 0.6 is 0 Å². The number of nitrogens with zero attached hydrogens (tertiary/aromatic N) is 3. The SMILES string of the molecule is C1=c2c(ccc3c2=Nc2ccccc2-3)-c2ccccc21.c1ccc2c(c1)N=c1ccc3c(c1-2)N=c1ccccc1=3. The minimum absolute atomic E-state index is 1.03. The van der Waals surface area contributed by atoms with Crippen molar-refractivity contribution in [2.24, 2.45) is 15.0 Å². The topological polar surface area (TPSA) is 37.1 Å². The number of fused-ring (bicyclic) bond motifs is 13. The van der Waals surface area contributed by atoms with E-state index in [4.69, 9.17) is 15.0 Å². The summed E-state index contributed by atoms with van der Waals surface area (Å²) >= 11 is 0. The van der Waals surface area contributed by atoms with Gasteiger partial charge >= 0.3 is 0 Å². The quantitative estimate of drug-likeness (QED) is 0.222. The molecule has 3 heteroatoms. The van der Waals surface area contributed by atoms with Crippen LogP contribution in [0.2, 0.25) is 0 Å². The van der Waals surface area contributed by atoms with E-state index >= 15 is 0 Å². The van der Waals surface area contributed by atoms with E-state index in [1.54, 1.807) is 0 Å². The Balaban J connectivity index is 0.000000115. The first kappa shape index (κ1) is 21.5. The van der Waals surface area contributed by atoms with E-state index in [1.165, 1.54) is 54.6 Å². The minimum atomic E-state index is 1.03. The van der Waals surface area contributed by atoms with Gasteiger partial charge in [0.25, 0.3) is 0 Å². The summed E-state index contributed by atoms with van der Waals surface area (Å²) in [7, 11) is 0. The zero-order valence-electron chi connectivity index (χ0n) is 21.5. The number of hydrogen-bond donors (Lipinski definition) is 0.